The van der Waals surface area contributed by atoms with Gasteiger partial charge in [-0.1, -0.05) is 20.8 Å². The fourth-order valence-electron chi connectivity index (χ4n) is 1.45. The molecule has 0 N–H and O–H groups in total. The molecule has 0 fully saturated rings. The summed E-state index contributed by atoms with van der Waals surface area (Å²) in [5.41, 5.74) is 0.965. The Labute approximate surface area is 117 Å². The predicted octanol–water partition coefficient (Wildman–Crippen LogP) is 3.55. The highest BCUT2D eigenvalue weighted by atomic mass is 28.4. The Morgan fingerprint density at radius 1 is 1.47 bits per heavy atom. The summed E-state index contributed by atoms with van der Waals surface area (Å²) in [6, 6.07) is 1.69. The average molecular weight is 282 g/mol. The van der Waals surface area contributed by atoms with Crippen LogP contribution in [0.5, 0.6) is 0 Å². The third kappa shape index (κ3) is 3.76. The number of nitrogens with zero attached hydrogens (tertiary/aromatic N) is 2. The van der Waals surface area contributed by atoms with Gasteiger partial charge in [0.15, 0.2) is 14.1 Å². The molecule has 108 valence electrons. The van der Waals surface area contributed by atoms with E-state index in [4.69, 9.17) is 4.43 Å². The van der Waals surface area contributed by atoms with Crippen LogP contribution < -0.4 is 0 Å². The molecular formula is C14H26N2O2Si. The van der Waals surface area contributed by atoms with Gasteiger partial charge in [-0.15, -0.1) is 0 Å². The van der Waals surface area contributed by atoms with Gasteiger partial charge < -0.3 is 4.43 Å². The van der Waals surface area contributed by atoms with Crippen molar-refractivity contribution in [1.29, 1.82) is 0 Å². The van der Waals surface area contributed by atoms with Crippen LogP contribution in [-0.4, -0.2) is 23.9 Å². The Bertz CT molecular complexity index is 447. The van der Waals surface area contributed by atoms with Crippen LogP contribution in [0.2, 0.25) is 18.1 Å². The molecule has 0 aliphatic carbocycles. The zero-order valence-corrected chi connectivity index (χ0v) is 14.2. The summed E-state index contributed by atoms with van der Waals surface area (Å²) >= 11 is 0. The first-order valence-corrected chi connectivity index (χ1v) is 9.64. The molecule has 0 aliphatic heterocycles. The number of Topliss-reactive ketones (excluding diaryl/α,β-unsaturated/α-hetero) is 1. The fourth-order valence-corrected chi connectivity index (χ4v) is 2.39. The van der Waals surface area contributed by atoms with Crippen LogP contribution in [-0.2, 0) is 15.8 Å². The van der Waals surface area contributed by atoms with Crippen LogP contribution >= 0.6 is 0 Å². The van der Waals surface area contributed by atoms with Crippen LogP contribution in [0.3, 0.4) is 0 Å². The molecule has 1 aromatic heterocycles. The van der Waals surface area contributed by atoms with Crippen LogP contribution in [0.1, 0.15) is 46.4 Å². The van der Waals surface area contributed by atoms with Crippen molar-refractivity contribution in [2.75, 3.05) is 0 Å². The van der Waals surface area contributed by atoms with Gasteiger partial charge in [0, 0.05) is 6.20 Å². The van der Waals surface area contributed by atoms with Crippen molar-refractivity contribution in [1.82, 2.24) is 9.78 Å². The zero-order valence-electron chi connectivity index (χ0n) is 13.2. The van der Waals surface area contributed by atoms with Gasteiger partial charge in [-0.05, 0) is 38.0 Å². The highest BCUT2D eigenvalue weighted by Crippen LogP contribution is 2.37. The molecular weight excluding hydrogens is 256 g/mol. The fraction of sp³-hybridized carbons (Fsp3) is 0.714. The first-order valence-electron chi connectivity index (χ1n) is 6.73. The first-order chi connectivity index (χ1) is 8.56. The average Bonchev–Trinajstić information content (AvgIpc) is 2.71. The van der Waals surface area contributed by atoms with Crippen molar-refractivity contribution in [3.8, 4) is 0 Å². The number of ketones is 1. The van der Waals surface area contributed by atoms with E-state index in [0.29, 0.717) is 6.61 Å². The van der Waals surface area contributed by atoms with Gasteiger partial charge in [-0.25, -0.2) is 0 Å². The molecule has 19 heavy (non-hydrogen) atoms. The van der Waals surface area contributed by atoms with Gasteiger partial charge in [-0.3, -0.25) is 9.48 Å². The summed E-state index contributed by atoms with van der Waals surface area (Å²) in [6.45, 7) is 15.1. The Hall–Kier alpha value is -0.943. The van der Waals surface area contributed by atoms with Crippen molar-refractivity contribution in [3.63, 3.8) is 0 Å². The van der Waals surface area contributed by atoms with Crippen LogP contribution in [0, 0.1) is 0 Å². The number of carbonyl (C=O) groups excluding carboxylic acids is 1. The SMILES string of the molecule is CC(=O)C(C)n1nccc1CO[Si](C)(C)C(C)(C)C. The van der Waals surface area contributed by atoms with E-state index < -0.39 is 8.32 Å². The van der Waals surface area contributed by atoms with E-state index in [1.807, 2.05) is 13.0 Å². The number of aromatic nitrogens is 2. The predicted molar refractivity (Wildman–Crippen MR) is 79.6 cm³/mol. The second-order valence-electron chi connectivity index (χ2n) is 6.60. The monoisotopic (exact) mass is 282 g/mol. The summed E-state index contributed by atoms with van der Waals surface area (Å²) in [6.07, 6.45) is 1.73. The van der Waals surface area contributed by atoms with Crippen molar-refractivity contribution < 1.29 is 9.22 Å². The zero-order chi connectivity index (χ0) is 14.8. The molecule has 0 bridgehead atoms. The van der Waals surface area contributed by atoms with Crippen molar-refractivity contribution in [2.24, 2.45) is 0 Å². The molecule has 1 atom stereocenters. The number of hydrogen-bond donors (Lipinski definition) is 0. The molecule has 0 saturated carbocycles. The lowest BCUT2D eigenvalue weighted by molar-refractivity contribution is -0.119. The molecule has 4 nitrogen and oxygen atoms in total. The molecule has 0 amide bonds. The van der Waals surface area contributed by atoms with E-state index in [-0.39, 0.29) is 16.9 Å². The molecule has 1 heterocycles. The second kappa shape index (κ2) is 5.59. The van der Waals surface area contributed by atoms with Gasteiger partial charge in [0.25, 0.3) is 0 Å². The normalized spacial score (nSPS) is 14.5. The van der Waals surface area contributed by atoms with Crippen LogP contribution in [0.15, 0.2) is 12.3 Å². The molecule has 1 rings (SSSR count). The number of hydrogen-bond acceptors (Lipinski definition) is 3. The highest BCUT2D eigenvalue weighted by Gasteiger charge is 2.37. The van der Waals surface area contributed by atoms with Gasteiger partial charge in [0.1, 0.15) is 6.04 Å². The smallest absolute Gasteiger partial charge is 0.192 e. The topological polar surface area (TPSA) is 44.1 Å². The summed E-state index contributed by atoms with van der Waals surface area (Å²) in [7, 11) is -1.77. The third-order valence-corrected chi connectivity index (χ3v) is 8.57. The largest absolute Gasteiger partial charge is 0.411 e. The maximum atomic E-state index is 11.5. The molecule has 0 aromatic carbocycles. The van der Waals surface area contributed by atoms with Gasteiger partial charge in [0.05, 0.1) is 12.3 Å². The van der Waals surface area contributed by atoms with Gasteiger partial charge in [-0.2, -0.15) is 5.10 Å². The van der Waals surface area contributed by atoms with E-state index in [9.17, 15) is 4.79 Å². The minimum Gasteiger partial charge on any atom is -0.411 e. The molecule has 0 saturated heterocycles. The Morgan fingerprint density at radius 2 is 2.05 bits per heavy atom. The first kappa shape index (κ1) is 16.1. The van der Waals surface area contributed by atoms with E-state index in [1.54, 1.807) is 17.8 Å². The summed E-state index contributed by atoms with van der Waals surface area (Å²) in [5, 5.41) is 4.42. The van der Waals surface area contributed by atoms with Gasteiger partial charge >= 0.3 is 0 Å². The summed E-state index contributed by atoms with van der Waals surface area (Å²) < 4.78 is 7.94. The molecule has 0 aliphatic rings. The highest BCUT2D eigenvalue weighted by molar-refractivity contribution is 6.74. The van der Waals surface area contributed by atoms with Gasteiger partial charge in [0.2, 0.25) is 0 Å². The Morgan fingerprint density at radius 3 is 2.53 bits per heavy atom. The quantitative estimate of drug-likeness (QED) is 0.776. The maximum Gasteiger partial charge on any atom is 0.192 e. The molecule has 0 radical (unpaired) electrons. The van der Waals surface area contributed by atoms with E-state index in [2.05, 4.69) is 39.0 Å². The minimum absolute atomic E-state index is 0.109. The number of carbonyl (C=O) groups is 1. The Balaban J connectivity index is 2.80. The third-order valence-electron chi connectivity index (χ3n) is 4.09. The lowest BCUT2D eigenvalue weighted by Gasteiger charge is -2.36. The second-order valence-corrected chi connectivity index (χ2v) is 11.4. The standard InChI is InChI=1S/C14H26N2O2Si/c1-11(12(2)17)16-13(8-9-15-16)10-18-19(6,7)14(3,4)5/h8-9,11H,10H2,1-7H3. The van der Waals surface area contributed by atoms with Crippen LogP contribution in [0.4, 0.5) is 0 Å². The van der Waals surface area contributed by atoms with Crippen molar-refractivity contribution in [2.45, 2.75) is 65.4 Å². The Kier molecular flexibility index (Phi) is 4.74. The molecule has 0 spiro atoms. The van der Waals surface area contributed by atoms with E-state index in [1.165, 1.54) is 0 Å². The molecule has 1 aromatic rings. The molecule has 1 unspecified atom stereocenters. The summed E-state index contributed by atoms with van der Waals surface area (Å²) in [4.78, 5) is 11.5. The van der Waals surface area contributed by atoms with Crippen molar-refractivity contribution in [3.05, 3.63) is 18.0 Å². The van der Waals surface area contributed by atoms with E-state index in [0.717, 1.165) is 5.69 Å². The molecule has 5 heteroatoms. The maximum absolute atomic E-state index is 11.5. The number of rotatable bonds is 5. The lowest BCUT2D eigenvalue weighted by atomic mass is 10.2. The van der Waals surface area contributed by atoms with Crippen molar-refractivity contribution >= 4 is 14.1 Å². The van der Waals surface area contributed by atoms with E-state index >= 15 is 0 Å². The van der Waals surface area contributed by atoms with Crippen LogP contribution in [0.25, 0.3) is 0 Å². The lowest BCUT2D eigenvalue weighted by Crippen LogP contribution is -2.40. The summed E-state index contributed by atoms with van der Waals surface area (Å²) in [5.74, 6) is 0.109. The minimum atomic E-state index is -1.77.